The third-order valence-electron chi connectivity index (χ3n) is 9.50. The average molecular weight is 601 g/mol. The van der Waals surface area contributed by atoms with Crippen molar-refractivity contribution in [3.8, 4) is 0 Å². The quantitative estimate of drug-likeness (QED) is 0.201. The van der Waals surface area contributed by atoms with Gasteiger partial charge in [-0.3, -0.25) is 0 Å². The lowest BCUT2D eigenvalue weighted by atomic mass is 9.80. The van der Waals surface area contributed by atoms with Crippen LogP contribution < -0.4 is 5.32 Å². The molecule has 0 saturated heterocycles. The molecule has 43 heavy (non-hydrogen) atoms. The van der Waals surface area contributed by atoms with E-state index < -0.39 is 11.7 Å². The van der Waals surface area contributed by atoms with Crippen LogP contribution in [0.25, 0.3) is 16.5 Å². The van der Waals surface area contributed by atoms with Crippen molar-refractivity contribution in [3.05, 3.63) is 63.9 Å². The maximum Gasteiger partial charge on any atom is 0.417 e. The fraction of sp³-hybridized carbons (Fsp3) is 0.632. The summed E-state index contributed by atoms with van der Waals surface area (Å²) in [5.41, 5.74) is 5.90. The van der Waals surface area contributed by atoms with E-state index in [1.165, 1.54) is 63.1 Å². The van der Waals surface area contributed by atoms with Gasteiger partial charge in [0.1, 0.15) is 0 Å². The van der Waals surface area contributed by atoms with Crippen molar-refractivity contribution in [1.82, 2.24) is 9.88 Å². The number of benzene rings is 1. The smallest absolute Gasteiger partial charge is 0.344 e. The largest absolute Gasteiger partial charge is 0.417 e. The molecule has 2 aliphatic carbocycles. The van der Waals surface area contributed by atoms with Crippen molar-refractivity contribution < 1.29 is 14.6 Å². The number of hydrogen-bond acceptors (Lipinski definition) is 1. The maximum atomic E-state index is 14.8. The Kier molecular flexibility index (Phi) is 13.7. The topological polar surface area (TPSA) is 17.0 Å². The van der Waals surface area contributed by atoms with Gasteiger partial charge in [-0.1, -0.05) is 91.4 Å². The summed E-state index contributed by atoms with van der Waals surface area (Å²) >= 11 is 0. The van der Waals surface area contributed by atoms with Crippen LogP contribution in [0.5, 0.6) is 0 Å². The van der Waals surface area contributed by atoms with Crippen LogP contribution in [0.3, 0.4) is 0 Å². The van der Waals surface area contributed by atoms with Crippen LogP contribution in [-0.4, -0.2) is 23.8 Å². The summed E-state index contributed by atoms with van der Waals surface area (Å²) < 4.78 is 46.8. The first-order valence-corrected chi connectivity index (χ1v) is 16.8. The van der Waals surface area contributed by atoms with Gasteiger partial charge in [-0.15, -0.1) is 0 Å². The molecular weight excluding hydrogens is 541 g/mol. The number of allylic oxidation sites excluding steroid dienone is 6. The zero-order chi connectivity index (χ0) is 30.1. The first kappa shape index (κ1) is 35.2. The van der Waals surface area contributed by atoms with Crippen LogP contribution in [-0.2, 0) is 19.4 Å². The lowest BCUT2D eigenvalue weighted by Crippen LogP contribution is -2.17. The molecule has 0 saturated carbocycles. The van der Waals surface area contributed by atoms with Crippen molar-refractivity contribution in [3.63, 3.8) is 0 Å². The Hall–Kier alpha value is -2.27. The molecule has 0 spiro atoms. The molecule has 5 heteroatoms. The van der Waals surface area contributed by atoms with E-state index in [2.05, 4.69) is 36.7 Å². The molecule has 1 atom stereocenters. The van der Waals surface area contributed by atoms with Crippen LogP contribution in [0, 0.1) is 12.8 Å². The zero-order valence-corrected chi connectivity index (χ0v) is 26.6. The van der Waals surface area contributed by atoms with Gasteiger partial charge in [-0.25, -0.2) is 0 Å². The van der Waals surface area contributed by atoms with Crippen LogP contribution in [0.2, 0.25) is 0 Å². The van der Waals surface area contributed by atoms with Gasteiger partial charge in [0.2, 0.25) is 0 Å². The molecule has 4 rings (SSSR count). The first-order chi connectivity index (χ1) is 20.3. The van der Waals surface area contributed by atoms with Gasteiger partial charge in [0.25, 0.3) is 0 Å². The van der Waals surface area contributed by atoms with Gasteiger partial charge in [-0.2, -0.15) is 13.2 Å². The molecule has 242 valence electrons. The van der Waals surface area contributed by atoms with E-state index in [9.17, 15) is 13.2 Å². The van der Waals surface area contributed by atoms with Crippen molar-refractivity contribution in [2.75, 3.05) is 13.1 Å². The lowest BCUT2D eigenvalue weighted by molar-refractivity contribution is -0.0689. The second-order valence-electron chi connectivity index (χ2n) is 12.6. The van der Waals surface area contributed by atoms with E-state index in [4.69, 9.17) is 0 Å². The van der Waals surface area contributed by atoms with E-state index >= 15 is 0 Å². The highest BCUT2D eigenvalue weighted by Gasteiger charge is 2.39. The van der Waals surface area contributed by atoms with Crippen molar-refractivity contribution in [2.24, 2.45) is 5.92 Å². The minimum atomic E-state index is -4.41. The van der Waals surface area contributed by atoms with Crippen LogP contribution in [0.1, 0.15) is 129 Å². The summed E-state index contributed by atoms with van der Waals surface area (Å²) in [6, 6.07) is 4.09. The van der Waals surface area contributed by atoms with Crippen molar-refractivity contribution in [2.45, 2.75) is 138 Å². The molecule has 1 N–H and O–H groups in total. The van der Waals surface area contributed by atoms with Crippen LogP contribution in [0.15, 0.2) is 41.5 Å². The Balaban J connectivity index is 0.00000337. The highest BCUT2D eigenvalue weighted by molar-refractivity contribution is 5.99. The summed E-state index contributed by atoms with van der Waals surface area (Å²) in [6.45, 7) is 11.6. The number of fused-ring (bicyclic) bond motifs is 3. The summed E-state index contributed by atoms with van der Waals surface area (Å²) in [5.74, 6) is 0.107. The third-order valence-corrected chi connectivity index (χ3v) is 9.50. The molecule has 1 heterocycles. The number of halogens is 3. The van der Waals surface area contributed by atoms with Gasteiger partial charge in [0.05, 0.1) is 5.57 Å². The Labute approximate surface area is 261 Å². The maximum absolute atomic E-state index is 14.8. The molecule has 2 aromatic rings. The van der Waals surface area contributed by atoms with Gasteiger partial charge >= 0.3 is 6.18 Å². The lowest BCUT2D eigenvalue weighted by Gasteiger charge is -2.26. The van der Waals surface area contributed by atoms with E-state index in [1.54, 1.807) is 0 Å². The zero-order valence-electron chi connectivity index (χ0n) is 26.6. The molecule has 0 radical (unpaired) electrons. The first-order valence-electron chi connectivity index (χ1n) is 16.8. The monoisotopic (exact) mass is 600 g/mol. The molecule has 0 fully saturated rings. The highest BCUT2D eigenvalue weighted by Crippen LogP contribution is 2.46. The second kappa shape index (κ2) is 16.7. The van der Waals surface area contributed by atoms with Crippen LogP contribution in [0.4, 0.5) is 13.2 Å². The van der Waals surface area contributed by atoms with Gasteiger partial charge in [0.15, 0.2) is 0 Å². The number of nitrogens with zero attached hydrogens (tertiary/aromatic N) is 1. The van der Waals surface area contributed by atoms with E-state index in [0.717, 1.165) is 84.9 Å². The van der Waals surface area contributed by atoms with Crippen LogP contribution >= 0.6 is 0 Å². The minimum absolute atomic E-state index is 0. The Morgan fingerprint density at radius 3 is 2.21 bits per heavy atom. The highest BCUT2D eigenvalue weighted by atomic mass is 19.4. The fourth-order valence-corrected chi connectivity index (χ4v) is 6.97. The van der Waals surface area contributed by atoms with Gasteiger partial charge in [-0.05, 0) is 111 Å². The molecular formula is C38H59F3N2. The predicted octanol–water partition coefficient (Wildman–Crippen LogP) is 11.7. The number of nitrogens with one attached hydrogen (secondary N) is 1. The molecule has 0 bridgehead atoms. The SMILES string of the molecule is C.CCCCCNCCCCCCCCCn1c(CC)c(C)c2c3c(ccc21)CCC(C)C(=C1C=CC1)/C=C\3C(F)(F)F.[HH]. The fourth-order valence-electron chi connectivity index (χ4n) is 6.97. The molecule has 0 aliphatic heterocycles. The summed E-state index contributed by atoms with van der Waals surface area (Å²) in [5, 5.41) is 4.37. The molecule has 2 nitrogen and oxygen atoms in total. The number of rotatable bonds is 15. The number of unbranched alkanes of at least 4 members (excludes halogenated alkanes) is 8. The van der Waals surface area contributed by atoms with Gasteiger partial charge < -0.3 is 9.88 Å². The number of hydrogen-bond donors (Lipinski definition) is 1. The Morgan fingerprint density at radius 1 is 0.953 bits per heavy atom. The molecule has 0 amide bonds. The van der Waals surface area contributed by atoms with Crippen molar-refractivity contribution >= 4 is 16.5 Å². The van der Waals surface area contributed by atoms with Crippen molar-refractivity contribution in [1.29, 1.82) is 0 Å². The van der Waals surface area contributed by atoms with E-state index in [0.29, 0.717) is 12.0 Å². The Bertz CT molecular complexity index is 1280. The summed E-state index contributed by atoms with van der Waals surface area (Å²) in [7, 11) is 0. The molecule has 1 aromatic heterocycles. The summed E-state index contributed by atoms with van der Waals surface area (Å²) in [4.78, 5) is 0. The standard InChI is InChI=1S/C37H53F3N2.CH4.H2/c1-5-7-13-23-41-24-14-11-9-8-10-12-15-25-42-33(6-2)28(4)35-34(42)22-21-30-20-19-27(3)31(29-17-16-18-29)26-32(36(30)35)37(38,39)40;;/h16-17,21-22,26-27,41H,5-15,18-20,23-25H2,1-4H3;1H4;1H/b31-29?,32-26+;;. The number of alkyl halides is 3. The molecule has 2 aliphatic rings. The second-order valence-corrected chi connectivity index (χ2v) is 12.6. The number of aromatic nitrogens is 1. The normalized spacial score (nSPS) is 19.8. The third kappa shape index (κ3) is 8.68. The molecule has 1 unspecified atom stereocenters. The minimum Gasteiger partial charge on any atom is -0.344 e. The summed E-state index contributed by atoms with van der Waals surface area (Å²) in [6.07, 6.45) is 16.6. The number of aryl methyl sites for hydroxylation is 3. The average Bonchev–Trinajstić information content (AvgIpc) is 3.19. The Morgan fingerprint density at radius 2 is 1.60 bits per heavy atom. The van der Waals surface area contributed by atoms with E-state index in [1.807, 2.05) is 25.1 Å². The van der Waals surface area contributed by atoms with E-state index in [-0.39, 0.29) is 14.8 Å². The van der Waals surface area contributed by atoms with Gasteiger partial charge in [0, 0.05) is 24.6 Å². The molecule has 1 aromatic carbocycles. The predicted molar refractivity (Wildman–Crippen MR) is 182 cm³/mol.